The molecule has 0 radical (unpaired) electrons. The van der Waals surface area contributed by atoms with Crippen LogP contribution in [0, 0.1) is 5.82 Å². The predicted octanol–water partition coefficient (Wildman–Crippen LogP) is 3.86. The van der Waals surface area contributed by atoms with Gasteiger partial charge in [0.15, 0.2) is 0 Å². The molecule has 0 fully saturated rings. The highest BCUT2D eigenvalue weighted by atomic mass is 79.9. The lowest BCUT2D eigenvalue weighted by Crippen LogP contribution is -2.13. The molecule has 0 spiro atoms. The lowest BCUT2D eigenvalue weighted by atomic mass is 10.1. The lowest BCUT2D eigenvalue weighted by Gasteiger charge is -2.18. The maximum absolute atomic E-state index is 13.8. The van der Waals surface area contributed by atoms with Gasteiger partial charge < -0.3 is 11.1 Å². The summed E-state index contributed by atoms with van der Waals surface area (Å²) in [7, 11) is 0. The van der Waals surface area contributed by atoms with Gasteiger partial charge in [-0.25, -0.2) is 4.39 Å². The van der Waals surface area contributed by atoms with Crippen LogP contribution in [0.2, 0.25) is 0 Å². The molecule has 2 rings (SSSR count). The minimum Gasteiger partial charge on any atom is -0.376 e. The third kappa shape index (κ3) is 3.17. The van der Waals surface area contributed by atoms with E-state index in [0.717, 1.165) is 10.0 Å². The van der Waals surface area contributed by atoms with Crippen LogP contribution in [0.15, 0.2) is 46.9 Å². The van der Waals surface area contributed by atoms with Crippen LogP contribution in [-0.4, -0.2) is 5.91 Å². The van der Waals surface area contributed by atoms with Gasteiger partial charge in [-0.2, -0.15) is 0 Å². The molecule has 0 saturated heterocycles. The maximum Gasteiger partial charge on any atom is 0.248 e. The Morgan fingerprint density at radius 2 is 2.00 bits per heavy atom. The second-order valence-corrected chi connectivity index (χ2v) is 5.30. The molecule has 104 valence electrons. The van der Waals surface area contributed by atoms with Crippen molar-refractivity contribution in [2.75, 3.05) is 5.32 Å². The van der Waals surface area contributed by atoms with E-state index in [2.05, 4.69) is 21.2 Å². The van der Waals surface area contributed by atoms with Gasteiger partial charge in [-0.1, -0.05) is 34.1 Å². The topological polar surface area (TPSA) is 55.1 Å². The molecular weight excluding hydrogens is 323 g/mol. The zero-order chi connectivity index (χ0) is 14.7. The third-order valence-corrected chi connectivity index (χ3v) is 3.72. The first-order valence-corrected chi connectivity index (χ1v) is 6.88. The molecule has 0 aliphatic carbocycles. The molecule has 0 bridgehead atoms. The highest BCUT2D eigenvalue weighted by Crippen LogP contribution is 2.27. The molecule has 3 nitrogen and oxygen atoms in total. The molecule has 1 unspecified atom stereocenters. The van der Waals surface area contributed by atoms with Crippen LogP contribution in [0.3, 0.4) is 0 Å². The van der Waals surface area contributed by atoms with Crippen molar-refractivity contribution < 1.29 is 9.18 Å². The standard InChI is InChI=1S/C15H14BrFN2O/c1-9(11-4-2-3-5-12(11)16)19-14-8-10(15(18)20)6-7-13(14)17/h2-9,19H,1H3,(H2,18,20). The van der Waals surface area contributed by atoms with E-state index in [4.69, 9.17) is 5.73 Å². The quantitative estimate of drug-likeness (QED) is 0.890. The number of carbonyl (C=O) groups excluding carboxylic acids is 1. The van der Waals surface area contributed by atoms with Gasteiger partial charge >= 0.3 is 0 Å². The molecule has 1 atom stereocenters. The number of nitrogens with one attached hydrogen (secondary N) is 1. The molecule has 0 heterocycles. The van der Waals surface area contributed by atoms with Crippen LogP contribution in [0.1, 0.15) is 28.9 Å². The second-order valence-electron chi connectivity index (χ2n) is 4.45. The van der Waals surface area contributed by atoms with Gasteiger partial charge in [0.05, 0.1) is 5.69 Å². The highest BCUT2D eigenvalue weighted by molar-refractivity contribution is 9.10. The van der Waals surface area contributed by atoms with Crippen LogP contribution in [0.5, 0.6) is 0 Å². The zero-order valence-electron chi connectivity index (χ0n) is 10.9. The van der Waals surface area contributed by atoms with Gasteiger partial charge in [0.25, 0.3) is 0 Å². The Kier molecular flexibility index (Phi) is 4.39. The van der Waals surface area contributed by atoms with Gasteiger partial charge in [-0.3, -0.25) is 4.79 Å². The Morgan fingerprint density at radius 3 is 2.65 bits per heavy atom. The molecule has 20 heavy (non-hydrogen) atoms. The number of halogens is 2. The Labute approximate surface area is 125 Å². The van der Waals surface area contributed by atoms with Crippen molar-refractivity contribution in [1.29, 1.82) is 0 Å². The summed E-state index contributed by atoms with van der Waals surface area (Å²) in [6.45, 7) is 1.91. The fraction of sp³-hybridized carbons (Fsp3) is 0.133. The van der Waals surface area contributed by atoms with Gasteiger partial charge in [0, 0.05) is 16.1 Å². The van der Waals surface area contributed by atoms with Crippen molar-refractivity contribution in [3.8, 4) is 0 Å². The lowest BCUT2D eigenvalue weighted by molar-refractivity contribution is 0.100. The Morgan fingerprint density at radius 1 is 1.30 bits per heavy atom. The molecule has 2 aromatic carbocycles. The third-order valence-electron chi connectivity index (χ3n) is 2.99. The first-order chi connectivity index (χ1) is 9.49. The summed E-state index contributed by atoms with van der Waals surface area (Å²) in [5.41, 5.74) is 6.72. The summed E-state index contributed by atoms with van der Waals surface area (Å²) in [4.78, 5) is 11.1. The van der Waals surface area contributed by atoms with E-state index in [0.29, 0.717) is 0 Å². The van der Waals surface area contributed by atoms with Gasteiger partial charge in [0.1, 0.15) is 5.82 Å². The summed E-state index contributed by atoms with van der Waals surface area (Å²) < 4.78 is 14.7. The largest absolute Gasteiger partial charge is 0.376 e. The normalized spacial score (nSPS) is 11.9. The van der Waals surface area contributed by atoms with Crippen molar-refractivity contribution in [2.45, 2.75) is 13.0 Å². The van der Waals surface area contributed by atoms with Crippen LogP contribution < -0.4 is 11.1 Å². The molecule has 2 aromatic rings. The summed E-state index contributed by atoms with van der Waals surface area (Å²) in [6, 6.07) is 11.6. The van der Waals surface area contributed by atoms with Crippen LogP contribution >= 0.6 is 15.9 Å². The summed E-state index contributed by atoms with van der Waals surface area (Å²) >= 11 is 3.46. The zero-order valence-corrected chi connectivity index (χ0v) is 12.4. The van der Waals surface area contributed by atoms with Crippen molar-refractivity contribution in [3.05, 3.63) is 63.9 Å². The molecule has 0 aliphatic rings. The number of primary amides is 1. The predicted molar refractivity (Wildman–Crippen MR) is 81.1 cm³/mol. The minimum absolute atomic E-state index is 0.122. The fourth-order valence-electron chi connectivity index (χ4n) is 1.93. The fourth-order valence-corrected chi connectivity index (χ4v) is 2.55. The number of hydrogen-bond donors (Lipinski definition) is 2. The van der Waals surface area contributed by atoms with Crippen molar-refractivity contribution in [2.24, 2.45) is 5.73 Å². The number of rotatable bonds is 4. The van der Waals surface area contributed by atoms with E-state index < -0.39 is 11.7 Å². The van der Waals surface area contributed by atoms with Crippen LogP contribution in [-0.2, 0) is 0 Å². The second kappa shape index (κ2) is 6.05. The van der Waals surface area contributed by atoms with Crippen LogP contribution in [0.25, 0.3) is 0 Å². The van der Waals surface area contributed by atoms with Gasteiger partial charge in [-0.05, 0) is 36.8 Å². The monoisotopic (exact) mass is 336 g/mol. The molecule has 0 aromatic heterocycles. The van der Waals surface area contributed by atoms with E-state index in [-0.39, 0.29) is 17.3 Å². The molecule has 0 aliphatic heterocycles. The van der Waals surface area contributed by atoms with Crippen LogP contribution in [0.4, 0.5) is 10.1 Å². The van der Waals surface area contributed by atoms with Gasteiger partial charge in [-0.15, -0.1) is 0 Å². The summed E-state index contributed by atoms with van der Waals surface area (Å²) in [5.74, 6) is -1.00. The van der Waals surface area contributed by atoms with E-state index in [1.54, 1.807) is 0 Å². The minimum atomic E-state index is -0.582. The SMILES string of the molecule is CC(Nc1cc(C(N)=O)ccc1F)c1ccccc1Br. The first-order valence-electron chi connectivity index (χ1n) is 6.09. The Balaban J connectivity index is 2.28. The first kappa shape index (κ1) is 14.5. The summed E-state index contributed by atoms with van der Waals surface area (Å²) in [5, 5.41) is 3.05. The average molecular weight is 337 g/mol. The Hall–Kier alpha value is -1.88. The molecule has 3 N–H and O–H groups in total. The number of anilines is 1. The number of benzene rings is 2. The average Bonchev–Trinajstić information content (AvgIpc) is 2.41. The maximum atomic E-state index is 13.8. The van der Waals surface area contributed by atoms with Crippen molar-refractivity contribution in [3.63, 3.8) is 0 Å². The molecule has 1 amide bonds. The van der Waals surface area contributed by atoms with Crippen molar-refractivity contribution >= 4 is 27.5 Å². The number of nitrogens with two attached hydrogens (primary N) is 1. The van der Waals surface area contributed by atoms with Crippen molar-refractivity contribution in [1.82, 2.24) is 0 Å². The molecular formula is C15H14BrFN2O. The number of amides is 1. The highest BCUT2D eigenvalue weighted by Gasteiger charge is 2.12. The Bertz CT molecular complexity index is 646. The van der Waals surface area contributed by atoms with Gasteiger partial charge in [0.2, 0.25) is 5.91 Å². The molecule has 0 saturated carbocycles. The summed E-state index contributed by atoms with van der Waals surface area (Å²) in [6.07, 6.45) is 0. The number of carbonyl (C=O) groups is 1. The number of hydrogen-bond acceptors (Lipinski definition) is 2. The smallest absolute Gasteiger partial charge is 0.248 e. The molecule has 5 heteroatoms. The van der Waals surface area contributed by atoms with E-state index in [1.807, 2.05) is 31.2 Å². The van der Waals surface area contributed by atoms with E-state index in [9.17, 15) is 9.18 Å². The van der Waals surface area contributed by atoms with E-state index in [1.165, 1.54) is 18.2 Å². The van der Waals surface area contributed by atoms with E-state index >= 15 is 0 Å².